The van der Waals surface area contributed by atoms with Gasteiger partial charge in [-0.15, -0.1) is 0 Å². The van der Waals surface area contributed by atoms with Crippen molar-refractivity contribution in [2.45, 2.75) is 24.9 Å². The van der Waals surface area contributed by atoms with Crippen LogP contribution in [0.3, 0.4) is 0 Å². The highest BCUT2D eigenvalue weighted by molar-refractivity contribution is 5.90. The lowest BCUT2D eigenvalue weighted by atomic mass is 10.1. The molecule has 0 radical (unpaired) electrons. The molecule has 0 saturated carbocycles. The lowest BCUT2D eigenvalue weighted by Crippen LogP contribution is -2.44. The number of benzene rings is 2. The molecular formula is C19H20N2O3. The maximum absolute atomic E-state index is 12.4. The van der Waals surface area contributed by atoms with Gasteiger partial charge in [-0.1, -0.05) is 48.5 Å². The van der Waals surface area contributed by atoms with E-state index in [1.807, 2.05) is 60.7 Å². The van der Waals surface area contributed by atoms with Crippen molar-refractivity contribution >= 4 is 11.8 Å². The van der Waals surface area contributed by atoms with Crippen molar-refractivity contribution in [2.24, 2.45) is 0 Å². The highest BCUT2D eigenvalue weighted by atomic mass is 16.5. The lowest BCUT2D eigenvalue weighted by molar-refractivity contribution is -0.126. The monoisotopic (exact) mass is 324 g/mol. The summed E-state index contributed by atoms with van der Waals surface area (Å²) >= 11 is 0. The van der Waals surface area contributed by atoms with E-state index >= 15 is 0 Å². The zero-order valence-electron chi connectivity index (χ0n) is 13.3. The van der Waals surface area contributed by atoms with Gasteiger partial charge in [-0.3, -0.25) is 9.59 Å². The maximum atomic E-state index is 12.4. The Kier molecular flexibility index (Phi) is 5.11. The second-order valence-electron chi connectivity index (χ2n) is 5.75. The van der Waals surface area contributed by atoms with Crippen LogP contribution in [0.4, 0.5) is 0 Å². The molecule has 0 unspecified atom stereocenters. The fraction of sp³-hybridized carbons (Fsp3) is 0.263. The molecule has 1 saturated heterocycles. The minimum absolute atomic E-state index is 0.0769. The molecule has 2 aromatic carbocycles. The Morgan fingerprint density at radius 2 is 1.79 bits per heavy atom. The Morgan fingerprint density at radius 3 is 2.42 bits per heavy atom. The van der Waals surface area contributed by atoms with Crippen molar-refractivity contribution in [1.82, 2.24) is 10.6 Å². The Bertz CT molecular complexity index is 688. The van der Waals surface area contributed by atoms with Crippen LogP contribution in [-0.2, 0) is 9.59 Å². The summed E-state index contributed by atoms with van der Waals surface area (Å²) in [6.45, 7) is 0.320. The molecule has 3 rings (SSSR count). The van der Waals surface area contributed by atoms with Crippen LogP contribution in [-0.4, -0.2) is 24.5 Å². The number of hydrogen-bond acceptors (Lipinski definition) is 3. The van der Waals surface area contributed by atoms with Crippen LogP contribution in [0.2, 0.25) is 0 Å². The average Bonchev–Trinajstić information content (AvgIpc) is 3.06. The summed E-state index contributed by atoms with van der Waals surface area (Å²) in [6, 6.07) is 18.4. The molecule has 1 aliphatic rings. The van der Waals surface area contributed by atoms with Crippen LogP contribution in [0.5, 0.6) is 5.75 Å². The first-order valence-electron chi connectivity index (χ1n) is 8.05. The predicted octanol–water partition coefficient (Wildman–Crippen LogP) is 2.20. The van der Waals surface area contributed by atoms with Crippen LogP contribution in [0.1, 0.15) is 24.4 Å². The van der Waals surface area contributed by atoms with E-state index < -0.39 is 6.04 Å². The second kappa shape index (κ2) is 7.64. The van der Waals surface area contributed by atoms with Crippen LogP contribution in [0.15, 0.2) is 60.7 Å². The highest BCUT2D eigenvalue weighted by Gasteiger charge is 2.29. The molecule has 1 fully saturated rings. The molecule has 0 bridgehead atoms. The number of rotatable bonds is 6. The summed E-state index contributed by atoms with van der Waals surface area (Å²) < 4.78 is 5.81. The summed E-state index contributed by atoms with van der Waals surface area (Å²) in [4.78, 5) is 23.7. The summed E-state index contributed by atoms with van der Waals surface area (Å²) in [5.41, 5.74) is 0.964. The largest absolute Gasteiger partial charge is 0.491 e. The van der Waals surface area contributed by atoms with E-state index in [0.717, 1.165) is 11.3 Å². The average molecular weight is 324 g/mol. The maximum Gasteiger partial charge on any atom is 0.243 e. The van der Waals surface area contributed by atoms with Gasteiger partial charge in [0.1, 0.15) is 18.4 Å². The molecular weight excluding hydrogens is 304 g/mol. The molecule has 5 heteroatoms. The third-order valence-electron chi connectivity index (χ3n) is 3.99. The Morgan fingerprint density at radius 1 is 1.12 bits per heavy atom. The quantitative estimate of drug-likeness (QED) is 0.856. The fourth-order valence-corrected chi connectivity index (χ4v) is 2.69. The van der Waals surface area contributed by atoms with Gasteiger partial charge >= 0.3 is 0 Å². The summed E-state index contributed by atoms with van der Waals surface area (Å²) in [6.07, 6.45) is 0.931. The van der Waals surface area contributed by atoms with Crippen molar-refractivity contribution in [3.8, 4) is 5.75 Å². The van der Waals surface area contributed by atoms with Gasteiger partial charge in [0.05, 0.1) is 6.04 Å². The van der Waals surface area contributed by atoms with Gasteiger partial charge < -0.3 is 15.4 Å². The lowest BCUT2D eigenvalue weighted by Gasteiger charge is -2.21. The minimum atomic E-state index is -0.458. The molecule has 5 nitrogen and oxygen atoms in total. The van der Waals surface area contributed by atoms with Crippen LogP contribution < -0.4 is 15.4 Å². The van der Waals surface area contributed by atoms with Crippen LogP contribution >= 0.6 is 0 Å². The Labute approximate surface area is 141 Å². The van der Waals surface area contributed by atoms with Gasteiger partial charge in [-0.05, 0) is 24.1 Å². The van der Waals surface area contributed by atoms with E-state index in [-0.39, 0.29) is 17.9 Å². The van der Waals surface area contributed by atoms with Gasteiger partial charge in [-0.25, -0.2) is 0 Å². The third kappa shape index (κ3) is 4.13. The summed E-state index contributed by atoms with van der Waals surface area (Å²) in [5.74, 6) is 0.500. The molecule has 1 aliphatic heterocycles. The Hall–Kier alpha value is -2.82. The topological polar surface area (TPSA) is 67.4 Å². The molecule has 24 heavy (non-hydrogen) atoms. The van der Waals surface area contributed by atoms with Crippen molar-refractivity contribution in [2.75, 3.05) is 6.61 Å². The third-order valence-corrected chi connectivity index (χ3v) is 3.99. The molecule has 2 aromatic rings. The standard InChI is InChI=1S/C19H20N2O3/c22-18-12-11-16(20-18)19(23)21-17(14-7-3-1-4-8-14)13-24-15-9-5-2-6-10-15/h1-10,16-17H,11-13H2,(H,20,22)(H,21,23)/t16-,17-/m1/s1. The molecule has 2 atom stereocenters. The van der Waals surface area contributed by atoms with E-state index in [0.29, 0.717) is 19.4 Å². The molecule has 2 N–H and O–H groups in total. The Balaban J connectivity index is 1.68. The number of amides is 2. The van der Waals surface area contributed by atoms with Crippen LogP contribution in [0.25, 0.3) is 0 Å². The molecule has 0 aromatic heterocycles. The number of carbonyl (C=O) groups excluding carboxylic acids is 2. The fourth-order valence-electron chi connectivity index (χ4n) is 2.69. The zero-order valence-corrected chi connectivity index (χ0v) is 13.3. The SMILES string of the molecule is O=C1CC[C@H](C(=O)N[C@H](COc2ccccc2)c2ccccc2)N1. The van der Waals surface area contributed by atoms with E-state index in [1.165, 1.54) is 0 Å². The molecule has 0 aliphatic carbocycles. The second-order valence-corrected chi connectivity index (χ2v) is 5.75. The molecule has 124 valence electrons. The van der Waals surface area contributed by atoms with Crippen LogP contribution in [0, 0.1) is 0 Å². The summed E-state index contributed by atoms with van der Waals surface area (Å²) in [5, 5.41) is 5.68. The van der Waals surface area contributed by atoms with Crippen molar-refractivity contribution in [3.05, 3.63) is 66.2 Å². The zero-order chi connectivity index (χ0) is 16.8. The first-order valence-corrected chi connectivity index (χ1v) is 8.05. The van der Waals surface area contributed by atoms with Crippen molar-refractivity contribution in [3.63, 3.8) is 0 Å². The van der Waals surface area contributed by atoms with E-state index in [9.17, 15) is 9.59 Å². The number of hydrogen-bond donors (Lipinski definition) is 2. The number of ether oxygens (including phenoxy) is 1. The highest BCUT2D eigenvalue weighted by Crippen LogP contribution is 2.17. The predicted molar refractivity (Wildman–Crippen MR) is 90.4 cm³/mol. The molecule has 0 spiro atoms. The smallest absolute Gasteiger partial charge is 0.243 e. The minimum Gasteiger partial charge on any atom is -0.491 e. The number of nitrogens with one attached hydrogen (secondary N) is 2. The number of para-hydroxylation sites is 1. The molecule has 1 heterocycles. The number of carbonyl (C=O) groups is 2. The van der Waals surface area contributed by atoms with Crippen molar-refractivity contribution in [1.29, 1.82) is 0 Å². The normalized spacial score (nSPS) is 17.8. The van der Waals surface area contributed by atoms with Crippen molar-refractivity contribution < 1.29 is 14.3 Å². The summed E-state index contributed by atoms with van der Waals surface area (Å²) in [7, 11) is 0. The molecule has 2 amide bonds. The first kappa shape index (κ1) is 16.1. The van der Waals surface area contributed by atoms with E-state index in [1.54, 1.807) is 0 Å². The van der Waals surface area contributed by atoms with Gasteiger partial charge in [0.15, 0.2) is 0 Å². The van der Waals surface area contributed by atoms with Gasteiger partial charge in [0.25, 0.3) is 0 Å². The first-order chi connectivity index (χ1) is 11.7. The van der Waals surface area contributed by atoms with E-state index in [4.69, 9.17) is 4.74 Å². The van der Waals surface area contributed by atoms with Gasteiger partial charge in [0.2, 0.25) is 11.8 Å². The van der Waals surface area contributed by atoms with Gasteiger partial charge in [-0.2, -0.15) is 0 Å². The van der Waals surface area contributed by atoms with E-state index in [2.05, 4.69) is 10.6 Å². The van der Waals surface area contributed by atoms with Gasteiger partial charge in [0, 0.05) is 6.42 Å².